The van der Waals surface area contributed by atoms with Crippen molar-refractivity contribution in [2.45, 2.75) is 37.8 Å². The summed E-state index contributed by atoms with van der Waals surface area (Å²) >= 11 is 0. The number of aliphatic hydroxyl groups excluding tert-OH is 1. The number of alkyl halides is 2. The van der Waals surface area contributed by atoms with E-state index in [0.29, 0.717) is 11.3 Å². The third-order valence-electron chi connectivity index (χ3n) is 5.98. The topological polar surface area (TPSA) is 105 Å². The Morgan fingerprint density at radius 3 is 2.58 bits per heavy atom. The van der Waals surface area contributed by atoms with Crippen molar-refractivity contribution in [3.8, 4) is 16.9 Å². The van der Waals surface area contributed by atoms with Gasteiger partial charge in [-0.3, -0.25) is 9.59 Å². The minimum atomic E-state index is -3.26. The van der Waals surface area contributed by atoms with Crippen molar-refractivity contribution in [3.05, 3.63) is 48.0 Å². The molecular weight excluding hydrogens is 432 g/mol. The second kappa shape index (κ2) is 9.44. The van der Waals surface area contributed by atoms with Gasteiger partial charge in [0, 0.05) is 36.7 Å². The van der Waals surface area contributed by atoms with Gasteiger partial charge in [-0.05, 0) is 48.2 Å². The van der Waals surface area contributed by atoms with Gasteiger partial charge in [0.25, 0.3) is 0 Å². The molecule has 1 aliphatic carbocycles. The Balaban J connectivity index is 1.49. The summed E-state index contributed by atoms with van der Waals surface area (Å²) in [5.41, 5.74) is 8.82. The molecule has 1 aliphatic heterocycles. The lowest BCUT2D eigenvalue weighted by molar-refractivity contribution is -0.162. The van der Waals surface area contributed by atoms with Crippen molar-refractivity contribution < 1.29 is 28.2 Å². The molecule has 9 heteroatoms. The third-order valence-corrected chi connectivity index (χ3v) is 5.98. The molecule has 2 aliphatic rings. The molecule has 1 atom stereocenters. The molecule has 0 bridgehead atoms. The SMILES string of the molecule is NCc1cc(-c2cccc(NC(=O)C3CC3)c2)ccc1O[C@H]1CCN(C(=O)CO)CC1(F)F. The number of halogens is 2. The quantitative estimate of drug-likeness (QED) is 0.591. The fraction of sp³-hybridized carbons (Fsp3) is 0.417. The van der Waals surface area contributed by atoms with Crippen LogP contribution in [0.2, 0.25) is 0 Å². The highest BCUT2D eigenvalue weighted by Gasteiger charge is 2.47. The molecule has 176 valence electrons. The zero-order chi connectivity index (χ0) is 23.6. The standard InChI is InChI=1S/C24H27F2N3O4/c25-24(26)14-29(22(31)13-30)9-8-21(24)33-20-7-6-17(10-18(20)12-27)16-2-1-3-19(11-16)28-23(32)15-4-5-15/h1-3,6-7,10-11,15,21,30H,4-5,8-9,12-14,27H2,(H,28,32)/t21-/m0/s1. The number of piperidine rings is 1. The number of likely N-dealkylation sites (tertiary alicyclic amines) is 1. The summed E-state index contributed by atoms with van der Waals surface area (Å²) in [6.45, 7) is -1.43. The lowest BCUT2D eigenvalue weighted by atomic mass is 10.0. The van der Waals surface area contributed by atoms with E-state index in [4.69, 9.17) is 15.6 Å². The van der Waals surface area contributed by atoms with E-state index < -0.39 is 31.1 Å². The molecule has 2 aromatic carbocycles. The van der Waals surface area contributed by atoms with Crippen molar-refractivity contribution in [2.24, 2.45) is 11.7 Å². The third kappa shape index (κ3) is 5.31. The number of aliphatic hydroxyl groups is 1. The van der Waals surface area contributed by atoms with Crippen LogP contribution in [-0.2, 0) is 16.1 Å². The van der Waals surface area contributed by atoms with Crippen LogP contribution in [0.15, 0.2) is 42.5 Å². The summed E-state index contributed by atoms with van der Waals surface area (Å²) in [5, 5.41) is 11.8. The number of amides is 2. The fourth-order valence-electron chi connectivity index (χ4n) is 3.93. The number of rotatable bonds is 7. The van der Waals surface area contributed by atoms with Crippen molar-refractivity contribution in [3.63, 3.8) is 0 Å². The number of nitrogens with two attached hydrogens (primary N) is 1. The molecule has 0 spiro atoms. The Morgan fingerprint density at radius 1 is 1.15 bits per heavy atom. The fourth-order valence-corrected chi connectivity index (χ4v) is 3.93. The van der Waals surface area contributed by atoms with Gasteiger partial charge in [-0.15, -0.1) is 0 Å². The first-order valence-corrected chi connectivity index (χ1v) is 11.0. The first kappa shape index (κ1) is 23.1. The number of hydrogen-bond acceptors (Lipinski definition) is 5. The van der Waals surface area contributed by atoms with Gasteiger partial charge < -0.3 is 25.8 Å². The van der Waals surface area contributed by atoms with Crippen LogP contribution < -0.4 is 15.8 Å². The van der Waals surface area contributed by atoms with Gasteiger partial charge in [0.05, 0.1) is 6.54 Å². The number of anilines is 1. The molecule has 0 radical (unpaired) electrons. The molecule has 4 rings (SSSR count). The Bertz CT molecular complexity index is 1040. The van der Waals surface area contributed by atoms with Crippen molar-refractivity contribution in [2.75, 3.05) is 25.0 Å². The molecule has 0 aromatic heterocycles. The Labute approximate surface area is 190 Å². The van der Waals surface area contributed by atoms with Gasteiger partial charge >= 0.3 is 5.92 Å². The molecule has 7 nitrogen and oxygen atoms in total. The van der Waals surface area contributed by atoms with E-state index in [1.807, 2.05) is 24.3 Å². The zero-order valence-electron chi connectivity index (χ0n) is 18.1. The molecule has 4 N–H and O–H groups in total. The highest BCUT2D eigenvalue weighted by Crippen LogP contribution is 2.35. The van der Waals surface area contributed by atoms with Gasteiger partial charge in [-0.25, -0.2) is 8.78 Å². The van der Waals surface area contributed by atoms with Crippen LogP contribution in [0.4, 0.5) is 14.5 Å². The van der Waals surface area contributed by atoms with E-state index in [0.717, 1.165) is 28.9 Å². The minimum Gasteiger partial charge on any atom is -0.484 e. The van der Waals surface area contributed by atoms with Crippen LogP contribution >= 0.6 is 0 Å². The van der Waals surface area contributed by atoms with Crippen LogP contribution in [0.1, 0.15) is 24.8 Å². The molecule has 0 unspecified atom stereocenters. The maximum atomic E-state index is 14.6. The van der Waals surface area contributed by atoms with Gasteiger partial charge in [0.2, 0.25) is 11.8 Å². The molecular formula is C24H27F2N3O4. The monoisotopic (exact) mass is 459 g/mol. The van der Waals surface area contributed by atoms with E-state index >= 15 is 0 Å². The van der Waals surface area contributed by atoms with Crippen molar-refractivity contribution in [1.29, 1.82) is 0 Å². The Morgan fingerprint density at radius 2 is 1.91 bits per heavy atom. The van der Waals surface area contributed by atoms with Crippen LogP contribution in [-0.4, -0.2) is 53.5 Å². The highest BCUT2D eigenvalue weighted by atomic mass is 19.3. The van der Waals surface area contributed by atoms with Crippen LogP contribution in [0.3, 0.4) is 0 Å². The number of ether oxygens (including phenoxy) is 1. The van der Waals surface area contributed by atoms with Crippen molar-refractivity contribution >= 4 is 17.5 Å². The summed E-state index contributed by atoms with van der Waals surface area (Å²) in [4.78, 5) is 24.6. The van der Waals surface area contributed by atoms with Gasteiger partial charge in [-0.1, -0.05) is 18.2 Å². The average molecular weight is 459 g/mol. The second-order valence-corrected chi connectivity index (χ2v) is 8.50. The summed E-state index contributed by atoms with van der Waals surface area (Å²) in [5.74, 6) is -3.60. The number of benzene rings is 2. The van der Waals surface area contributed by atoms with Crippen LogP contribution in [0, 0.1) is 5.92 Å². The number of hydrogen-bond donors (Lipinski definition) is 3. The predicted molar refractivity (Wildman–Crippen MR) is 119 cm³/mol. The maximum absolute atomic E-state index is 14.6. The van der Waals surface area contributed by atoms with E-state index in [1.54, 1.807) is 18.2 Å². The molecule has 2 amide bonds. The smallest absolute Gasteiger partial charge is 0.301 e. The molecule has 1 saturated heterocycles. The number of nitrogens with one attached hydrogen (secondary N) is 1. The minimum absolute atomic E-state index is 0.0196. The number of nitrogens with zero attached hydrogens (tertiary/aromatic N) is 1. The van der Waals surface area contributed by atoms with Gasteiger partial charge in [0.1, 0.15) is 12.4 Å². The van der Waals surface area contributed by atoms with E-state index in [9.17, 15) is 18.4 Å². The molecule has 2 fully saturated rings. The zero-order valence-corrected chi connectivity index (χ0v) is 18.1. The van der Waals surface area contributed by atoms with E-state index in [2.05, 4.69) is 5.32 Å². The number of carbonyl (C=O) groups excluding carboxylic acids is 2. The normalized spacial score (nSPS) is 19.8. The summed E-state index contributed by atoms with van der Waals surface area (Å²) < 4.78 is 34.9. The highest BCUT2D eigenvalue weighted by molar-refractivity contribution is 5.94. The average Bonchev–Trinajstić information content (AvgIpc) is 3.65. The maximum Gasteiger partial charge on any atom is 0.301 e. The molecule has 33 heavy (non-hydrogen) atoms. The lowest BCUT2D eigenvalue weighted by Crippen LogP contribution is -2.55. The van der Waals surface area contributed by atoms with Crippen LogP contribution in [0.25, 0.3) is 11.1 Å². The first-order chi connectivity index (χ1) is 15.8. The summed E-state index contributed by atoms with van der Waals surface area (Å²) in [6.07, 6.45) is 0.371. The Kier molecular flexibility index (Phi) is 6.62. The van der Waals surface area contributed by atoms with Crippen molar-refractivity contribution in [1.82, 2.24) is 4.90 Å². The van der Waals surface area contributed by atoms with Crippen LogP contribution in [0.5, 0.6) is 5.75 Å². The van der Waals surface area contributed by atoms with E-state index in [-0.39, 0.29) is 37.1 Å². The largest absolute Gasteiger partial charge is 0.484 e. The Hall–Kier alpha value is -3.04. The summed E-state index contributed by atoms with van der Waals surface area (Å²) in [7, 11) is 0. The van der Waals surface area contributed by atoms with Gasteiger partial charge in [0.15, 0.2) is 6.10 Å². The number of carbonyl (C=O) groups is 2. The predicted octanol–water partition coefficient (Wildman–Crippen LogP) is 2.77. The van der Waals surface area contributed by atoms with E-state index in [1.165, 1.54) is 0 Å². The van der Waals surface area contributed by atoms with Gasteiger partial charge in [-0.2, -0.15) is 0 Å². The molecule has 2 aromatic rings. The molecule has 1 heterocycles. The summed E-state index contributed by atoms with van der Waals surface area (Å²) in [6, 6.07) is 12.6. The molecule has 1 saturated carbocycles. The second-order valence-electron chi connectivity index (χ2n) is 8.50. The first-order valence-electron chi connectivity index (χ1n) is 11.0. The lowest BCUT2D eigenvalue weighted by Gasteiger charge is -2.38.